The van der Waals surface area contributed by atoms with Gasteiger partial charge >= 0.3 is 0 Å². The van der Waals surface area contributed by atoms with Crippen LogP contribution in [0.4, 0.5) is 17.1 Å². The van der Waals surface area contributed by atoms with E-state index in [2.05, 4.69) is 175 Å². The minimum absolute atomic E-state index is 1.07. The highest BCUT2D eigenvalue weighted by molar-refractivity contribution is 7.19. The van der Waals surface area contributed by atoms with E-state index in [4.69, 9.17) is 4.98 Å². The summed E-state index contributed by atoms with van der Waals surface area (Å²) >= 11 is 1.79. The summed E-state index contributed by atoms with van der Waals surface area (Å²) < 4.78 is 0. The van der Waals surface area contributed by atoms with Crippen LogP contribution in [0.25, 0.3) is 75.7 Å². The van der Waals surface area contributed by atoms with Crippen molar-refractivity contribution < 1.29 is 0 Å². The summed E-state index contributed by atoms with van der Waals surface area (Å²) in [5.74, 6) is 0. The van der Waals surface area contributed by atoms with Crippen molar-refractivity contribution in [3.63, 3.8) is 0 Å². The van der Waals surface area contributed by atoms with Gasteiger partial charge in [-0.3, -0.25) is 0 Å². The molecule has 0 aliphatic heterocycles. The van der Waals surface area contributed by atoms with Crippen molar-refractivity contribution in [1.82, 2.24) is 4.98 Å². The number of hydrogen-bond donors (Lipinski definition) is 0. The number of nitrogens with zero attached hydrogens (tertiary/aromatic N) is 2. The van der Waals surface area contributed by atoms with Crippen LogP contribution in [-0.2, 0) is 0 Å². The van der Waals surface area contributed by atoms with Gasteiger partial charge in [0.25, 0.3) is 0 Å². The molecule has 0 unspecified atom stereocenters. The smallest absolute Gasteiger partial charge is 0.124 e. The maximum absolute atomic E-state index is 5.17. The van der Waals surface area contributed by atoms with E-state index < -0.39 is 0 Å². The zero-order valence-electron chi connectivity index (χ0n) is 26.0. The number of para-hydroxylation sites is 1. The van der Waals surface area contributed by atoms with Gasteiger partial charge in [-0.05, 0) is 63.0 Å². The molecule has 1 heterocycles. The van der Waals surface area contributed by atoms with Crippen molar-refractivity contribution >= 4 is 60.7 Å². The van der Waals surface area contributed by atoms with E-state index in [1.54, 1.807) is 11.3 Å². The fourth-order valence-electron chi connectivity index (χ4n) is 7.47. The molecule has 2 nitrogen and oxygen atoms in total. The van der Waals surface area contributed by atoms with Crippen LogP contribution in [0.3, 0.4) is 0 Å². The molecule has 1 aliphatic rings. The molecule has 0 saturated carbocycles. The molecule has 0 atom stereocenters. The van der Waals surface area contributed by atoms with Gasteiger partial charge in [-0.25, -0.2) is 4.98 Å². The predicted molar refractivity (Wildman–Crippen MR) is 205 cm³/mol. The van der Waals surface area contributed by atoms with Gasteiger partial charge in [-0.15, -0.1) is 11.3 Å². The topological polar surface area (TPSA) is 16.1 Å². The average molecular weight is 629 g/mol. The summed E-state index contributed by atoms with van der Waals surface area (Å²) in [5.41, 5.74) is 10.6. The molecule has 0 N–H and O–H groups in total. The Bertz CT molecular complexity index is 2650. The Morgan fingerprint density at radius 3 is 1.94 bits per heavy atom. The summed E-state index contributed by atoms with van der Waals surface area (Å²) in [6.45, 7) is 0. The fraction of sp³-hybridized carbons (Fsp3) is 0. The second kappa shape index (κ2) is 10.8. The Labute approximate surface area is 282 Å². The van der Waals surface area contributed by atoms with Gasteiger partial charge in [0, 0.05) is 38.8 Å². The van der Waals surface area contributed by atoms with Gasteiger partial charge in [-0.2, -0.15) is 0 Å². The van der Waals surface area contributed by atoms with Crippen LogP contribution in [0.2, 0.25) is 0 Å². The van der Waals surface area contributed by atoms with Crippen LogP contribution >= 0.6 is 11.3 Å². The van der Waals surface area contributed by atoms with Crippen molar-refractivity contribution in [2.24, 2.45) is 0 Å². The second-order valence-electron chi connectivity index (χ2n) is 12.3. The maximum atomic E-state index is 5.17. The third-order valence-electron chi connectivity index (χ3n) is 9.61. The van der Waals surface area contributed by atoms with Crippen molar-refractivity contribution in [3.8, 4) is 43.4 Å². The van der Waals surface area contributed by atoms with Gasteiger partial charge in [0.15, 0.2) is 0 Å². The van der Waals surface area contributed by atoms with E-state index in [0.29, 0.717) is 0 Å². The van der Waals surface area contributed by atoms with Crippen LogP contribution in [0.15, 0.2) is 170 Å². The fourth-order valence-corrected chi connectivity index (χ4v) is 8.59. The van der Waals surface area contributed by atoms with Crippen LogP contribution in [-0.4, -0.2) is 4.98 Å². The van der Waals surface area contributed by atoms with Gasteiger partial charge in [0.05, 0.1) is 16.3 Å². The summed E-state index contributed by atoms with van der Waals surface area (Å²) in [6.07, 6.45) is 0. The van der Waals surface area contributed by atoms with Crippen molar-refractivity contribution in [2.75, 3.05) is 4.90 Å². The molecule has 8 aromatic carbocycles. The molecule has 0 amide bonds. The van der Waals surface area contributed by atoms with Crippen LogP contribution < -0.4 is 4.90 Å². The standard InChI is InChI=1S/C45H28N2S/c1-3-13-29(14-4-1)45-46-43-39-26-25-35(38-23-12-24-40(42(38)39)44(43)48-45)30-16-11-19-33(27-30)47(32-17-5-2-6-18-32)41-28-31-15-7-8-20-34(31)36-21-9-10-22-37(36)41/h1-28H. The molecule has 0 fully saturated rings. The highest BCUT2D eigenvalue weighted by Crippen LogP contribution is 2.53. The molecule has 1 aromatic heterocycles. The zero-order chi connectivity index (χ0) is 31.6. The molecular formula is C45H28N2S. The Kier molecular flexibility index (Phi) is 6.08. The number of hydrogen-bond acceptors (Lipinski definition) is 3. The molecule has 0 radical (unpaired) electrons. The van der Waals surface area contributed by atoms with Gasteiger partial charge in [-0.1, -0.05) is 140 Å². The van der Waals surface area contributed by atoms with Gasteiger partial charge in [0.1, 0.15) is 5.01 Å². The van der Waals surface area contributed by atoms with Gasteiger partial charge in [0.2, 0.25) is 0 Å². The lowest BCUT2D eigenvalue weighted by molar-refractivity contribution is 1.30. The molecule has 224 valence electrons. The first-order valence-electron chi connectivity index (χ1n) is 16.3. The molecule has 0 bridgehead atoms. The van der Waals surface area contributed by atoms with E-state index >= 15 is 0 Å². The van der Waals surface area contributed by atoms with E-state index in [-0.39, 0.29) is 0 Å². The first-order valence-corrected chi connectivity index (χ1v) is 17.1. The third-order valence-corrected chi connectivity index (χ3v) is 10.7. The van der Waals surface area contributed by atoms with E-state index in [0.717, 1.165) is 27.8 Å². The highest BCUT2D eigenvalue weighted by Gasteiger charge is 2.27. The molecule has 3 heteroatoms. The summed E-state index contributed by atoms with van der Waals surface area (Å²) in [5, 5.41) is 8.61. The zero-order valence-corrected chi connectivity index (χ0v) is 26.8. The summed E-state index contributed by atoms with van der Waals surface area (Å²) in [6, 6.07) is 61.3. The highest BCUT2D eigenvalue weighted by atomic mass is 32.1. The Morgan fingerprint density at radius 2 is 1.08 bits per heavy atom. The van der Waals surface area contributed by atoms with Crippen LogP contribution in [0, 0.1) is 0 Å². The van der Waals surface area contributed by atoms with Crippen molar-refractivity contribution in [1.29, 1.82) is 0 Å². The van der Waals surface area contributed by atoms with E-state index in [1.807, 2.05) is 0 Å². The normalized spacial score (nSPS) is 11.8. The largest absolute Gasteiger partial charge is 0.310 e. The minimum atomic E-state index is 1.07. The maximum Gasteiger partial charge on any atom is 0.124 e. The minimum Gasteiger partial charge on any atom is -0.310 e. The SMILES string of the molecule is c1ccc(-c2nc3c(s2)-c2cccc4c(-c5cccc(N(c6ccccc6)c6cc7ccccc7c7ccccc67)c5)ccc-3c24)cc1. The molecule has 0 spiro atoms. The number of thiazole rings is 1. The summed E-state index contributed by atoms with van der Waals surface area (Å²) in [7, 11) is 0. The number of benzene rings is 8. The lowest BCUT2D eigenvalue weighted by Crippen LogP contribution is -2.10. The quantitative estimate of drug-likeness (QED) is 0.176. The van der Waals surface area contributed by atoms with Crippen molar-refractivity contribution in [3.05, 3.63) is 170 Å². The monoisotopic (exact) mass is 628 g/mol. The molecule has 10 rings (SSSR count). The lowest BCUT2D eigenvalue weighted by atomic mass is 9.94. The number of aromatic nitrogens is 1. The number of fused-ring (bicyclic) bond motifs is 6. The summed E-state index contributed by atoms with van der Waals surface area (Å²) in [4.78, 5) is 8.84. The van der Waals surface area contributed by atoms with E-state index in [1.165, 1.54) is 65.0 Å². The Balaban J connectivity index is 1.14. The van der Waals surface area contributed by atoms with Crippen LogP contribution in [0.1, 0.15) is 0 Å². The van der Waals surface area contributed by atoms with Crippen LogP contribution in [0.5, 0.6) is 0 Å². The molecule has 48 heavy (non-hydrogen) atoms. The molecule has 9 aromatic rings. The predicted octanol–water partition coefficient (Wildman–Crippen LogP) is 13.1. The molecule has 0 saturated heterocycles. The van der Waals surface area contributed by atoms with Gasteiger partial charge < -0.3 is 4.90 Å². The Hall–Kier alpha value is -6.03. The van der Waals surface area contributed by atoms with E-state index in [9.17, 15) is 0 Å². The number of rotatable bonds is 5. The Morgan fingerprint density at radius 1 is 0.438 bits per heavy atom. The molecular weight excluding hydrogens is 601 g/mol. The third kappa shape index (κ3) is 4.15. The first kappa shape index (κ1) is 27.1. The number of anilines is 3. The second-order valence-corrected chi connectivity index (χ2v) is 13.3. The molecule has 1 aliphatic carbocycles. The first-order chi connectivity index (χ1) is 23.8. The average Bonchev–Trinajstić information content (AvgIpc) is 3.72. The lowest BCUT2D eigenvalue weighted by Gasteiger charge is -2.28. The van der Waals surface area contributed by atoms with Crippen molar-refractivity contribution in [2.45, 2.75) is 0 Å².